The van der Waals surface area contributed by atoms with Crippen molar-refractivity contribution in [1.29, 1.82) is 10.8 Å². The summed E-state index contributed by atoms with van der Waals surface area (Å²) in [6.45, 7) is 0. The zero-order valence-corrected chi connectivity index (χ0v) is 5.79. The van der Waals surface area contributed by atoms with Crippen LogP contribution in [0.5, 0.6) is 0 Å². The Morgan fingerprint density at radius 2 is 2.00 bits per heavy atom. The molecule has 0 atom stereocenters. The summed E-state index contributed by atoms with van der Waals surface area (Å²) in [5.74, 6) is 0.430. The lowest BCUT2D eigenvalue weighted by atomic mass is 10.5. The lowest BCUT2D eigenvalue weighted by Crippen LogP contribution is -2.08. The summed E-state index contributed by atoms with van der Waals surface area (Å²) in [7, 11) is 0. The fourth-order valence-corrected chi connectivity index (χ4v) is 1.19. The van der Waals surface area contributed by atoms with E-state index >= 15 is 0 Å². The number of nitrogens with two attached hydrogens (primary N) is 1. The van der Waals surface area contributed by atoms with Gasteiger partial charge in [0.05, 0.1) is 5.04 Å². The van der Waals surface area contributed by atoms with Crippen molar-refractivity contribution in [2.45, 2.75) is 12.8 Å². The van der Waals surface area contributed by atoms with Gasteiger partial charge in [-0.25, -0.2) is 0 Å². The molecule has 1 rings (SSSR count). The van der Waals surface area contributed by atoms with Crippen LogP contribution in [0.4, 0.5) is 0 Å². The average Bonchev–Trinajstić information content (AvgIpc) is 2.40. The second kappa shape index (κ2) is 2.39. The van der Waals surface area contributed by atoms with Crippen molar-refractivity contribution < 1.29 is 0 Å². The van der Waals surface area contributed by atoms with E-state index in [0.29, 0.717) is 11.0 Å². The fourth-order valence-electron chi connectivity index (χ4n) is 0.547. The smallest absolute Gasteiger partial charge is 0.157 e. The van der Waals surface area contributed by atoms with Crippen LogP contribution in [0.3, 0.4) is 0 Å². The quantitative estimate of drug-likeness (QED) is 0.378. The van der Waals surface area contributed by atoms with Gasteiger partial charge in [0, 0.05) is 5.92 Å². The molecule has 0 aliphatic heterocycles. The van der Waals surface area contributed by atoms with Gasteiger partial charge in [0.25, 0.3) is 0 Å². The number of hydrogen-bond acceptors (Lipinski definition) is 3. The van der Waals surface area contributed by atoms with Gasteiger partial charge in [-0.2, -0.15) is 0 Å². The van der Waals surface area contributed by atoms with Crippen molar-refractivity contribution in [3.63, 3.8) is 0 Å². The normalized spacial score (nSPS) is 17.3. The summed E-state index contributed by atoms with van der Waals surface area (Å²) in [5.41, 5.74) is 5.06. The summed E-state index contributed by atoms with van der Waals surface area (Å²) >= 11 is 1.07. The topological polar surface area (TPSA) is 73.7 Å². The van der Waals surface area contributed by atoms with Crippen molar-refractivity contribution in [3.8, 4) is 0 Å². The maximum Gasteiger partial charge on any atom is 0.157 e. The second-order valence-corrected chi connectivity index (χ2v) is 3.19. The molecule has 50 valence electrons. The van der Waals surface area contributed by atoms with Crippen molar-refractivity contribution in [2.24, 2.45) is 11.7 Å². The van der Waals surface area contributed by atoms with Crippen LogP contribution in [0.2, 0.25) is 0 Å². The second-order valence-electron chi connectivity index (χ2n) is 2.10. The molecule has 0 bridgehead atoms. The molecule has 0 aromatic rings. The molecule has 1 fully saturated rings. The van der Waals surface area contributed by atoms with E-state index in [4.69, 9.17) is 16.6 Å². The minimum Gasteiger partial charge on any atom is -0.378 e. The van der Waals surface area contributed by atoms with Gasteiger partial charge in [0.1, 0.15) is 0 Å². The Kier molecular flexibility index (Phi) is 1.75. The average molecular weight is 143 g/mol. The number of thioether (sulfide) groups is 1. The lowest BCUT2D eigenvalue weighted by Gasteiger charge is -1.95. The Morgan fingerprint density at radius 1 is 1.44 bits per heavy atom. The van der Waals surface area contributed by atoms with Crippen molar-refractivity contribution >= 4 is 22.0 Å². The van der Waals surface area contributed by atoms with Gasteiger partial charge in [-0.05, 0) is 24.6 Å². The highest BCUT2D eigenvalue weighted by Crippen LogP contribution is 2.33. The van der Waals surface area contributed by atoms with Crippen molar-refractivity contribution in [2.75, 3.05) is 0 Å². The third-order valence-electron chi connectivity index (χ3n) is 1.17. The third-order valence-corrected chi connectivity index (χ3v) is 1.94. The first-order valence-electron chi connectivity index (χ1n) is 2.80. The molecule has 1 saturated carbocycles. The molecule has 4 heteroatoms. The molecule has 0 aromatic carbocycles. The Bertz CT molecular complexity index is 150. The van der Waals surface area contributed by atoms with Gasteiger partial charge in [0.2, 0.25) is 0 Å². The molecule has 0 spiro atoms. The highest BCUT2D eigenvalue weighted by Gasteiger charge is 2.26. The maximum absolute atomic E-state index is 7.28. The molecule has 0 saturated heterocycles. The van der Waals surface area contributed by atoms with E-state index < -0.39 is 0 Å². The first kappa shape index (κ1) is 6.61. The Balaban J connectivity index is 2.26. The van der Waals surface area contributed by atoms with Crippen LogP contribution in [0.25, 0.3) is 0 Å². The van der Waals surface area contributed by atoms with E-state index in [0.717, 1.165) is 24.6 Å². The molecule has 0 radical (unpaired) electrons. The Labute approximate surface area is 58.0 Å². The van der Waals surface area contributed by atoms with E-state index in [1.165, 1.54) is 0 Å². The monoisotopic (exact) mass is 143 g/mol. The zero-order valence-electron chi connectivity index (χ0n) is 4.98. The zero-order chi connectivity index (χ0) is 6.85. The van der Waals surface area contributed by atoms with E-state index in [1.54, 1.807) is 0 Å². The predicted molar refractivity (Wildman–Crippen MR) is 40.0 cm³/mol. The maximum atomic E-state index is 7.28. The largest absolute Gasteiger partial charge is 0.378 e. The predicted octanol–water partition coefficient (Wildman–Crippen LogP) is 1.00. The van der Waals surface area contributed by atoms with Gasteiger partial charge < -0.3 is 5.73 Å². The molecule has 9 heavy (non-hydrogen) atoms. The molecule has 0 heterocycles. The molecule has 4 N–H and O–H groups in total. The minimum atomic E-state index is 0.0342. The molecular formula is C5H9N3S. The highest BCUT2D eigenvalue weighted by atomic mass is 32.2. The van der Waals surface area contributed by atoms with Crippen LogP contribution in [-0.4, -0.2) is 10.2 Å². The van der Waals surface area contributed by atoms with Crippen LogP contribution in [-0.2, 0) is 0 Å². The standard InChI is InChI=1S/C5H9N3S/c6-4(3-1-2-3)9-5(7)8/h3,6H,1-2H2,(H3,7,8). The van der Waals surface area contributed by atoms with Crippen molar-refractivity contribution in [3.05, 3.63) is 0 Å². The summed E-state index contributed by atoms with van der Waals surface area (Å²) in [4.78, 5) is 0. The van der Waals surface area contributed by atoms with Gasteiger partial charge in [-0.3, -0.25) is 10.8 Å². The number of rotatable bonds is 1. The van der Waals surface area contributed by atoms with Crippen molar-refractivity contribution in [1.82, 2.24) is 0 Å². The Hall–Kier alpha value is -0.510. The van der Waals surface area contributed by atoms with Gasteiger partial charge >= 0.3 is 0 Å². The molecular weight excluding hydrogens is 134 g/mol. The lowest BCUT2D eigenvalue weighted by molar-refractivity contribution is 1.20. The van der Waals surface area contributed by atoms with Crippen LogP contribution < -0.4 is 5.73 Å². The van der Waals surface area contributed by atoms with Gasteiger partial charge in [-0.15, -0.1) is 0 Å². The molecule has 0 aromatic heterocycles. The molecule has 0 unspecified atom stereocenters. The van der Waals surface area contributed by atoms with E-state index in [2.05, 4.69) is 0 Å². The van der Waals surface area contributed by atoms with E-state index in [9.17, 15) is 0 Å². The first-order chi connectivity index (χ1) is 4.20. The Morgan fingerprint density at radius 3 is 2.33 bits per heavy atom. The number of hydrogen-bond donors (Lipinski definition) is 3. The molecule has 1 aliphatic rings. The van der Waals surface area contributed by atoms with Gasteiger partial charge in [0.15, 0.2) is 5.17 Å². The summed E-state index contributed by atoms with van der Waals surface area (Å²) in [6.07, 6.45) is 2.22. The summed E-state index contributed by atoms with van der Waals surface area (Å²) < 4.78 is 0. The first-order valence-corrected chi connectivity index (χ1v) is 3.62. The number of amidine groups is 1. The summed E-state index contributed by atoms with van der Waals surface area (Å²) in [5, 5.41) is 14.7. The molecule has 0 amide bonds. The minimum absolute atomic E-state index is 0.0342. The number of nitrogens with one attached hydrogen (secondary N) is 2. The fraction of sp³-hybridized carbons (Fsp3) is 0.600. The third kappa shape index (κ3) is 2.05. The van der Waals surface area contributed by atoms with Gasteiger partial charge in [-0.1, -0.05) is 0 Å². The van der Waals surface area contributed by atoms with Crippen LogP contribution in [0.15, 0.2) is 0 Å². The molecule has 3 nitrogen and oxygen atoms in total. The van der Waals surface area contributed by atoms with Crippen LogP contribution in [0.1, 0.15) is 12.8 Å². The highest BCUT2D eigenvalue weighted by molar-refractivity contribution is 8.26. The van der Waals surface area contributed by atoms with Crippen LogP contribution >= 0.6 is 11.8 Å². The summed E-state index contributed by atoms with van der Waals surface area (Å²) in [6, 6.07) is 0. The SMILES string of the molecule is N=C(N)SC(=N)C1CC1. The van der Waals surface area contributed by atoms with E-state index in [-0.39, 0.29) is 5.17 Å². The van der Waals surface area contributed by atoms with Crippen LogP contribution in [0, 0.1) is 16.7 Å². The molecule has 1 aliphatic carbocycles. The van der Waals surface area contributed by atoms with E-state index in [1.807, 2.05) is 0 Å².